The second kappa shape index (κ2) is 5.06. The number of hydrogen-bond acceptors (Lipinski definition) is 3. The molecule has 116 valence electrons. The van der Waals surface area contributed by atoms with Gasteiger partial charge in [-0.05, 0) is 93.8 Å². The zero-order valence-electron chi connectivity index (χ0n) is 12.9. The molecule has 0 radical (unpaired) electrons. The Labute approximate surface area is 132 Å². The van der Waals surface area contributed by atoms with Crippen LogP contribution < -0.4 is 0 Å². The quantitative estimate of drug-likeness (QED) is 0.739. The second-order valence-electron chi connectivity index (χ2n) is 8.25. The van der Waals surface area contributed by atoms with Crippen molar-refractivity contribution in [2.24, 2.45) is 23.2 Å². The average molecular weight is 306 g/mol. The number of hydrogen-bond donors (Lipinski definition) is 1. The Balaban J connectivity index is 1.39. The normalized spacial score (nSPS) is 47.5. The summed E-state index contributed by atoms with van der Waals surface area (Å²) in [6.45, 7) is 2.97. The highest BCUT2D eigenvalue weighted by Gasteiger charge is 2.51. The van der Waals surface area contributed by atoms with Crippen LogP contribution in [0.2, 0.25) is 0 Å². The Morgan fingerprint density at radius 3 is 2.29 bits per heavy atom. The second-order valence-corrected chi connectivity index (χ2v) is 9.37. The average Bonchev–Trinajstić information content (AvgIpc) is 2.45. The van der Waals surface area contributed by atoms with Gasteiger partial charge in [0, 0.05) is 5.41 Å². The number of ether oxygens (including phenoxy) is 1. The molecule has 1 N–H and O–H groups in total. The Bertz CT molecular complexity index is 446. The molecule has 0 amide bonds. The van der Waals surface area contributed by atoms with Crippen molar-refractivity contribution in [3.8, 4) is 0 Å². The number of rotatable bonds is 4. The van der Waals surface area contributed by atoms with E-state index in [9.17, 15) is 4.55 Å². The van der Waals surface area contributed by atoms with Crippen LogP contribution in [0.25, 0.3) is 0 Å². The van der Waals surface area contributed by atoms with Crippen LogP contribution in [0.5, 0.6) is 0 Å². The van der Waals surface area contributed by atoms with E-state index in [1.807, 2.05) is 6.08 Å². The molecule has 5 rings (SSSR count). The van der Waals surface area contributed by atoms with Gasteiger partial charge in [0.05, 0.1) is 11.4 Å². The lowest BCUT2D eigenvalue weighted by molar-refractivity contribution is -0.0848. The molecule has 0 aromatic rings. The monoisotopic (exact) mass is 306 g/mol. The summed E-state index contributed by atoms with van der Waals surface area (Å²) in [5.74, 6) is 3.98. The van der Waals surface area contributed by atoms with Gasteiger partial charge in [0.15, 0.2) is 0 Å². The van der Waals surface area contributed by atoms with Crippen LogP contribution >= 0.6 is 12.0 Å². The van der Waals surface area contributed by atoms with Crippen LogP contribution in [-0.4, -0.2) is 15.9 Å². The van der Waals surface area contributed by atoms with Gasteiger partial charge in [-0.1, -0.05) is 6.08 Å². The Morgan fingerprint density at radius 2 is 1.81 bits per heavy atom. The first kappa shape index (κ1) is 14.2. The zero-order chi connectivity index (χ0) is 14.5. The smallest absolute Gasteiger partial charge is 0.115 e. The van der Waals surface area contributed by atoms with Crippen molar-refractivity contribution in [3.63, 3.8) is 0 Å². The van der Waals surface area contributed by atoms with E-state index in [1.54, 1.807) is 0 Å². The van der Waals surface area contributed by atoms with Crippen LogP contribution in [0.15, 0.2) is 24.0 Å². The maximum atomic E-state index is 9.32. The maximum Gasteiger partial charge on any atom is 0.115 e. The van der Waals surface area contributed by atoms with Crippen LogP contribution in [-0.2, 0) is 4.74 Å². The third-order valence-electron chi connectivity index (χ3n) is 6.23. The molecule has 4 fully saturated rings. The summed E-state index contributed by atoms with van der Waals surface area (Å²) in [6, 6.07) is 0. The molecule has 0 aromatic carbocycles. The maximum absolute atomic E-state index is 9.32. The molecule has 0 aliphatic heterocycles. The summed E-state index contributed by atoms with van der Waals surface area (Å²) < 4.78 is 15.3. The minimum atomic E-state index is -0.173. The van der Waals surface area contributed by atoms with E-state index in [1.165, 1.54) is 38.5 Å². The minimum Gasteiger partial charge on any atom is -0.493 e. The standard InChI is InChI=1S/C18H26O2S/c1-17(21-19)4-2-16(3-5-17)20-12-18-9-13-6-14(10-18)8-15(7-13)11-18/h2-4,13-15,19H,5-12H2,1H3. The zero-order valence-corrected chi connectivity index (χ0v) is 13.7. The molecule has 1 unspecified atom stereocenters. The highest BCUT2D eigenvalue weighted by atomic mass is 32.2. The van der Waals surface area contributed by atoms with Gasteiger partial charge in [0.1, 0.15) is 5.76 Å². The molecule has 0 heterocycles. The van der Waals surface area contributed by atoms with E-state index in [0.717, 1.165) is 48.6 Å². The lowest BCUT2D eigenvalue weighted by atomic mass is 9.50. The van der Waals surface area contributed by atoms with Gasteiger partial charge in [-0.25, -0.2) is 0 Å². The van der Waals surface area contributed by atoms with Crippen molar-refractivity contribution < 1.29 is 9.29 Å². The fourth-order valence-corrected chi connectivity index (χ4v) is 5.86. The summed E-state index contributed by atoms with van der Waals surface area (Å²) in [7, 11) is 0. The first-order valence-electron chi connectivity index (χ1n) is 8.43. The van der Waals surface area contributed by atoms with Crippen molar-refractivity contribution >= 4 is 12.0 Å². The molecular weight excluding hydrogens is 280 g/mol. The first-order chi connectivity index (χ1) is 10.1. The molecule has 0 spiro atoms. The van der Waals surface area contributed by atoms with Gasteiger partial charge in [-0.3, -0.25) is 0 Å². The summed E-state index contributed by atoms with van der Waals surface area (Å²) in [5, 5.41) is 0. The molecule has 0 saturated heterocycles. The SMILES string of the molecule is CC1(SO)C=CC(OCC23CC4CC(CC(C4)C2)C3)=CC1. The number of allylic oxidation sites excluding steroid dienone is 2. The molecule has 4 saturated carbocycles. The Morgan fingerprint density at radius 1 is 1.19 bits per heavy atom. The molecule has 21 heavy (non-hydrogen) atoms. The highest BCUT2D eigenvalue weighted by molar-refractivity contribution is 7.95. The van der Waals surface area contributed by atoms with Gasteiger partial charge in [-0.15, -0.1) is 0 Å². The van der Waals surface area contributed by atoms with Crippen molar-refractivity contribution in [1.82, 2.24) is 0 Å². The predicted octanol–water partition coefficient (Wildman–Crippen LogP) is 5.03. The molecule has 0 aromatic heterocycles. The van der Waals surface area contributed by atoms with E-state index in [0.29, 0.717) is 5.41 Å². The predicted molar refractivity (Wildman–Crippen MR) is 87.0 cm³/mol. The van der Waals surface area contributed by atoms with Gasteiger partial charge in [0.2, 0.25) is 0 Å². The topological polar surface area (TPSA) is 29.5 Å². The van der Waals surface area contributed by atoms with E-state index >= 15 is 0 Å². The fourth-order valence-electron chi connectivity index (χ4n) is 5.58. The highest BCUT2D eigenvalue weighted by Crippen LogP contribution is 2.60. The molecule has 5 aliphatic rings. The van der Waals surface area contributed by atoms with Gasteiger partial charge in [-0.2, -0.15) is 0 Å². The van der Waals surface area contributed by atoms with Crippen LogP contribution in [0.4, 0.5) is 0 Å². The van der Waals surface area contributed by atoms with Crippen LogP contribution in [0.3, 0.4) is 0 Å². The summed E-state index contributed by atoms with van der Waals surface area (Å²) in [5.41, 5.74) is 0.482. The van der Waals surface area contributed by atoms with Gasteiger partial charge >= 0.3 is 0 Å². The largest absolute Gasteiger partial charge is 0.493 e. The molecule has 2 nitrogen and oxygen atoms in total. The molecular formula is C18H26O2S. The molecule has 4 bridgehead atoms. The lowest BCUT2D eigenvalue weighted by Gasteiger charge is -2.56. The Hall–Kier alpha value is -0.410. The lowest BCUT2D eigenvalue weighted by Crippen LogP contribution is -2.48. The first-order valence-corrected chi connectivity index (χ1v) is 9.20. The molecule has 3 heteroatoms. The van der Waals surface area contributed by atoms with Gasteiger partial charge < -0.3 is 9.29 Å². The van der Waals surface area contributed by atoms with Crippen molar-refractivity contribution in [3.05, 3.63) is 24.0 Å². The van der Waals surface area contributed by atoms with Crippen LogP contribution in [0, 0.1) is 23.2 Å². The third-order valence-corrected chi connectivity index (χ3v) is 6.95. The summed E-state index contributed by atoms with van der Waals surface area (Å²) in [6.07, 6.45) is 15.8. The summed E-state index contributed by atoms with van der Waals surface area (Å²) in [4.78, 5) is 0. The van der Waals surface area contributed by atoms with E-state index < -0.39 is 0 Å². The van der Waals surface area contributed by atoms with Crippen molar-refractivity contribution in [2.45, 2.75) is 56.6 Å². The van der Waals surface area contributed by atoms with Crippen molar-refractivity contribution in [1.29, 1.82) is 0 Å². The summed E-state index contributed by atoms with van der Waals surface area (Å²) >= 11 is 0.929. The van der Waals surface area contributed by atoms with E-state index in [-0.39, 0.29) is 4.75 Å². The van der Waals surface area contributed by atoms with Crippen LogP contribution in [0.1, 0.15) is 51.9 Å². The molecule has 5 aliphatic carbocycles. The van der Waals surface area contributed by atoms with E-state index in [4.69, 9.17) is 4.74 Å². The van der Waals surface area contributed by atoms with Crippen molar-refractivity contribution in [2.75, 3.05) is 6.61 Å². The molecule has 1 atom stereocenters. The minimum absolute atomic E-state index is 0.173. The Kier molecular flexibility index (Phi) is 3.42. The fraction of sp³-hybridized carbons (Fsp3) is 0.778. The van der Waals surface area contributed by atoms with Gasteiger partial charge in [0.25, 0.3) is 0 Å². The third kappa shape index (κ3) is 2.68. The van der Waals surface area contributed by atoms with E-state index in [2.05, 4.69) is 19.1 Å².